The van der Waals surface area contributed by atoms with Crippen molar-refractivity contribution >= 4 is 17.1 Å². The molecule has 3 rings (SSSR count). The van der Waals surface area contributed by atoms with E-state index in [2.05, 4.69) is 28.5 Å². The van der Waals surface area contributed by atoms with Gasteiger partial charge < -0.3 is 10.5 Å². The highest BCUT2D eigenvalue weighted by atomic mass is 16.5. The highest BCUT2D eigenvalue weighted by molar-refractivity contribution is 5.78. The molecule has 0 bridgehead atoms. The Morgan fingerprint density at radius 2 is 2.26 bits per heavy atom. The highest BCUT2D eigenvalue weighted by Crippen LogP contribution is 2.34. The number of nitrogen functional groups attached to an aromatic ring is 1. The van der Waals surface area contributed by atoms with Crippen LogP contribution >= 0.6 is 0 Å². The number of hydrogen-bond acceptors (Lipinski definition) is 4. The number of hydrogen-bond donors (Lipinski definition) is 1. The second-order valence-corrected chi connectivity index (χ2v) is 5.53. The normalized spacial score (nSPS) is 24.2. The number of ether oxygens (including phenoxy) is 1. The lowest BCUT2D eigenvalue weighted by atomic mass is 9.94. The molecular formula is C13H21N5O. The molecule has 19 heavy (non-hydrogen) atoms. The summed E-state index contributed by atoms with van der Waals surface area (Å²) in [5.74, 6) is 0.561. The Bertz CT molecular complexity index is 606. The lowest BCUT2D eigenvalue weighted by Crippen LogP contribution is -2.40. The molecule has 6 heteroatoms. The largest absolute Gasteiger partial charge is 0.379 e. The fraction of sp³-hybridized carbons (Fsp3) is 0.692. The molecule has 0 saturated carbocycles. The van der Waals surface area contributed by atoms with Gasteiger partial charge in [-0.2, -0.15) is 5.10 Å². The third-order valence-corrected chi connectivity index (χ3v) is 3.99. The average Bonchev–Trinajstić information content (AvgIpc) is 2.87. The van der Waals surface area contributed by atoms with Crippen molar-refractivity contribution in [2.45, 2.75) is 45.7 Å². The third-order valence-electron chi connectivity index (χ3n) is 3.99. The maximum Gasteiger partial charge on any atom is 0.203 e. The Labute approximate surface area is 112 Å². The number of nitrogens with two attached hydrogens (primary N) is 1. The van der Waals surface area contributed by atoms with E-state index in [9.17, 15) is 0 Å². The van der Waals surface area contributed by atoms with Crippen LogP contribution in [0.25, 0.3) is 11.2 Å². The maximum atomic E-state index is 6.16. The van der Waals surface area contributed by atoms with E-state index in [1.807, 2.05) is 11.6 Å². The van der Waals surface area contributed by atoms with E-state index in [1.54, 1.807) is 0 Å². The summed E-state index contributed by atoms with van der Waals surface area (Å²) in [6, 6.07) is 0. The summed E-state index contributed by atoms with van der Waals surface area (Å²) in [6.45, 7) is 8.57. The second kappa shape index (κ2) is 4.23. The van der Waals surface area contributed by atoms with Gasteiger partial charge in [0, 0.05) is 13.2 Å². The molecule has 3 heterocycles. The first-order valence-corrected chi connectivity index (χ1v) is 6.86. The summed E-state index contributed by atoms with van der Waals surface area (Å²) < 4.78 is 9.76. The number of imidazole rings is 1. The van der Waals surface area contributed by atoms with Crippen LogP contribution in [0, 0.1) is 6.92 Å². The molecule has 1 saturated heterocycles. The van der Waals surface area contributed by atoms with Crippen molar-refractivity contribution in [2.75, 3.05) is 18.9 Å². The molecule has 6 nitrogen and oxygen atoms in total. The van der Waals surface area contributed by atoms with E-state index in [4.69, 9.17) is 10.5 Å². The lowest BCUT2D eigenvalue weighted by Gasteiger charge is -2.35. The Hall–Kier alpha value is -1.56. The minimum Gasteiger partial charge on any atom is -0.379 e. The van der Waals surface area contributed by atoms with Gasteiger partial charge in [0.2, 0.25) is 5.95 Å². The van der Waals surface area contributed by atoms with Crippen LogP contribution in [0.5, 0.6) is 0 Å². The van der Waals surface area contributed by atoms with Crippen molar-refractivity contribution in [3.63, 3.8) is 0 Å². The van der Waals surface area contributed by atoms with Crippen LogP contribution in [0.4, 0.5) is 5.95 Å². The van der Waals surface area contributed by atoms with Crippen molar-refractivity contribution in [2.24, 2.45) is 0 Å². The van der Waals surface area contributed by atoms with Gasteiger partial charge in [-0.25, -0.2) is 9.67 Å². The van der Waals surface area contributed by atoms with Crippen LogP contribution in [-0.4, -0.2) is 32.5 Å². The lowest BCUT2D eigenvalue weighted by molar-refractivity contribution is 0.0119. The van der Waals surface area contributed by atoms with Crippen LogP contribution < -0.4 is 5.73 Å². The first-order valence-electron chi connectivity index (χ1n) is 6.86. The third kappa shape index (κ3) is 1.74. The molecule has 1 fully saturated rings. The standard InChI is InChI=1S/C13H21N5O/c1-4-17-11-10(9(2)16-17)15-12(14)18(11)13(3)6-5-7-19-8-13/h4-8H2,1-3H3,(H2,14,15). The van der Waals surface area contributed by atoms with Gasteiger partial charge in [0.25, 0.3) is 0 Å². The van der Waals surface area contributed by atoms with Gasteiger partial charge in [0.05, 0.1) is 17.8 Å². The average molecular weight is 263 g/mol. The molecule has 1 atom stereocenters. The van der Waals surface area contributed by atoms with Gasteiger partial charge in [-0.05, 0) is 33.6 Å². The van der Waals surface area contributed by atoms with Crippen LogP contribution in [0.1, 0.15) is 32.4 Å². The monoisotopic (exact) mass is 263 g/mol. The molecule has 0 aromatic carbocycles. The summed E-state index contributed by atoms with van der Waals surface area (Å²) >= 11 is 0. The van der Waals surface area contributed by atoms with Gasteiger partial charge in [-0.3, -0.25) is 4.57 Å². The molecular weight excluding hydrogens is 242 g/mol. The Morgan fingerprint density at radius 1 is 1.47 bits per heavy atom. The van der Waals surface area contributed by atoms with E-state index >= 15 is 0 Å². The molecule has 0 amide bonds. The van der Waals surface area contributed by atoms with Crippen LogP contribution in [0.15, 0.2) is 0 Å². The highest BCUT2D eigenvalue weighted by Gasteiger charge is 2.34. The predicted octanol–water partition coefficient (Wildman–Crippen LogP) is 1.67. The maximum absolute atomic E-state index is 6.16. The number of rotatable bonds is 2. The second-order valence-electron chi connectivity index (χ2n) is 5.53. The van der Waals surface area contributed by atoms with Gasteiger partial charge >= 0.3 is 0 Å². The Morgan fingerprint density at radius 3 is 2.89 bits per heavy atom. The zero-order valence-corrected chi connectivity index (χ0v) is 11.8. The van der Waals surface area contributed by atoms with Crippen molar-refractivity contribution in [3.05, 3.63) is 5.69 Å². The van der Waals surface area contributed by atoms with E-state index in [0.29, 0.717) is 12.6 Å². The summed E-state index contributed by atoms with van der Waals surface area (Å²) in [6.07, 6.45) is 2.10. The van der Waals surface area contributed by atoms with Gasteiger partial charge in [0.1, 0.15) is 5.52 Å². The van der Waals surface area contributed by atoms with E-state index < -0.39 is 0 Å². The van der Waals surface area contributed by atoms with Crippen LogP contribution in [0.3, 0.4) is 0 Å². The Balaban J connectivity index is 2.24. The van der Waals surface area contributed by atoms with Gasteiger partial charge in [-0.15, -0.1) is 0 Å². The molecule has 2 aromatic heterocycles. The molecule has 2 aromatic rings. The fourth-order valence-electron chi connectivity index (χ4n) is 3.03. The molecule has 0 aliphatic carbocycles. The van der Waals surface area contributed by atoms with Crippen molar-refractivity contribution < 1.29 is 4.74 Å². The Kier molecular flexibility index (Phi) is 2.78. The number of aryl methyl sites for hydroxylation is 2. The number of anilines is 1. The molecule has 1 unspecified atom stereocenters. The van der Waals surface area contributed by atoms with Crippen molar-refractivity contribution in [1.29, 1.82) is 0 Å². The summed E-state index contributed by atoms with van der Waals surface area (Å²) in [7, 11) is 0. The van der Waals surface area contributed by atoms with Crippen molar-refractivity contribution in [1.82, 2.24) is 19.3 Å². The smallest absolute Gasteiger partial charge is 0.203 e. The molecule has 104 valence electrons. The van der Waals surface area contributed by atoms with E-state index in [-0.39, 0.29) is 5.54 Å². The minimum absolute atomic E-state index is 0.128. The summed E-state index contributed by atoms with van der Waals surface area (Å²) in [5.41, 5.74) is 8.89. The molecule has 1 aliphatic heterocycles. The van der Waals surface area contributed by atoms with Gasteiger partial charge in [0.15, 0.2) is 5.65 Å². The predicted molar refractivity (Wildman–Crippen MR) is 74.0 cm³/mol. The number of aromatic nitrogens is 4. The minimum atomic E-state index is -0.128. The zero-order valence-electron chi connectivity index (χ0n) is 11.8. The van der Waals surface area contributed by atoms with E-state index in [0.717, 1.165) is 42.9 Å². The first kappa shape index (κ1) is 12.5. The van der Waals surface area contributed by atoms with Crippen LogP contribution in [-0.2, 0) is 16.8 Å². The first-order chi connectivity index (χ1) is 9.07. The SMILES string of the molecule is CCn1nc(C)c2nc(N)n(C3(C)CCCOC3)c21. The fourth-order valence-corrected chi connectivity index (χ4v) is 3.03. The number of nitrogens with zero attached hydrogens (tertiary/aromatic N) is 4. The topological polar surface area (TPSA) is 70.9 Å². The van der Waals surface area contributed by atoms with Crippen LogP contribution in [0.2, 0.25) is 0 Å². The summed E-state index contributed by atoms with van der Waals surface area (Å²) in [4.78, 5) is 4.50. The summed E-state index contributed by atoms with van der Waals surface area (Å²) in [5, 5.41) is 4.53. The molecule has 0 radical (unpaired) electrons. The van der Waals surface area contributed by atoms with E-state index in [1.165, 1.54) is 0 Å². The molecule has 0 spiro atoms. The molecule has 1 aliphatic rings. The van der Waals surface area contributed by atoms with Crippen molar-refractivity contribution in [3.8, 4) is 0 Å². The van der Waals surface area contributed by atoms with Gasteiger partial charge in [-0.1, -0.05) is 0 Å². The number of fused-ring (bicyclic) bond motifs is 1. The molecule has 2 N–H and O–H groups in total. The quantitative estimate of drug-likeness (QED) is 0.894. The zero-order chi connectivity index (χ0) is 13.6.